The molecule has 14 heavy (non-hydrogen) atoms. The molecular weight excluding hydrogens is 180 g/mol. The summed E-state index contributed by atoms with van der Waals surface area (Å²) in [7, 11) is 0. The third-order valence-electron chi connectivity index (χ3n) is 2.65. The van der Waals surface area contributed by atoms with Crippen LogP contribution in [0.2, 0.25) is 0 Å². The maximum absolute atomic E-state index is 10.7. The minimum Gasteiger partial charge on any atom is -0.479 e. The van der Waals surface area contributed by atoms with E-state index >= 15 is 0 Å². The van der Waals surface area contributed by atoms with Gasteiger partial charge in [-0.2, -0.15) is 0 Å². The van der Waals surface area contributed by atoms with Gasteiger partial charge in [-0.1, -0.05) is 29.8 Å². The van der Waals surface area contributed by atoms with Crippen LogP contribution in [-0.4, -0.2) is 17.2 Å². The SMILES string of the molecule is Cc1ccc(C2(C)OC2C(=O)O)cc1. The Bertz CT molecular complexity index is 369. The van der Waals surface area contributed by atoms with Crippen LogP contribution in [0, 0.1) is 6.92 Å². The maximum atomic E-state index is 10.7. The van der Waals surface area contributed by atoms with E-state index in [0.717, 1.165) is 11.1 Å². The van der Waals surface area contributed by atoms with Gasteiger partial charge in [0, 0.05) is 0 Å². The predicted octanol–water partition coefficient (Wildman–Crippen LogP) is 1.69. The van der Waals surface area contributed by atoms with Crippen molar-refractivity contribution in [3.63, 3.8) is 0 Å². The first-order chi connectivity index (χ1) is 6.54. The molecule has 1 aliphatic rings. The van der Waals surface area contributed by atoms with Crippen molar-refractivity contribution in [1.29, 1.82) is 0 Å². The molecule has 2 rings (SSSR count). The summed E-state index contributed by atoms with van der Waals surface area (Å²) in [6, 6.07) is 7.75. The molecule has 0 amide bonds. The van der Waals surface area contributed by atoms with Gasteiger partial charge in [0.2, 0.25) is 0 Å². The second-order valence-corrected chi connectivity index (χ2v) is 3.81. The number of hydrogen-bond acceptors (Lipinski definition) is 2. The molecule has 0 bridgehead atoms. The molecule has 3 nitrogen and oxygen atoms in total. The van der Waals surface area contributed by atoms with Gasteiger partial charge in [0.05, 0.1) is 0 Å². The van der Waals surface area contributed by atoms with E-state index in [1.54, 1.807) is 6.92 Å². The fourth-order valence-electron chi connectivity index (χ4n) is 1.60. The Morgan fingerprint density at radius 1 is 1.43 bits per heavy atom. The van der Waals surface area contributed by atoms with Gasteiger partial charge in [-0.3, -0.25) is 0 Å². The number of aryl methyl sites for hydroxylation is 1. The normalized spacial score (nSPS) is 30.0. The maximum Gasteiger partial charge on any atom is 0.336 e. The van der Waals surface area contributed by atoms with Crippen LogP contribution in [-0.2, 0) is 15.1 Å². The third kappa shape index (κ3) is 1.30. The first-order valence-electron chi connectivity index (χ1n) is 4.52. The van der Waals surface area contributed by atoms with Gasteiger partial charge in [-0.05, 0) is 19.4 Å². The molecule has 0 radical (unpaired) electrons. The lowest BCUT2D eigenvalue weighted by atomic mass is 9.96. The van der Waals surface area contributed by atoms with E-state index in [-0.39, 0.29) is 0 Å². The smallest absolute Gasteiger partial charge is 0.336 e. The lowest BCUT2D eigenvalue weighted by Gasteiger charge is -2.05. The molecule has 1 N–H and O–H groups in total. The van der Waals surface area contributed by atoms with Crippen LogP contribution >= 0.6 is 0 Å². The van der Waals surface area contributed by atoms with Gasteiger partial charge in [0.15, 0.2) is 6.10 Å². The summed E-state index contributed by atoms with van der Waals surface area (Å²) in [5.41, 5.74) is 1.46. The molecule has 2 unspecified atom stereocenters. The summed E-state index contributed by atoms with van der Waals surface area (Å²) in [5, 5.41) is 8.78. The van der Waals surface area contributed by atoms with E-state index in [1.807, 2.05) is 31.2 Å². The second kappa shape index (κ2) is 2.82. The van der Waals surface area contributed by atoms with Crippen LogP contribution in [0.15, 0.2) is 24.3 Å². The zero-order chi connectivity index (χ0) is 10.3. The highest BCUT2D eigenvalue weighted by Gasteiger charge is 2.58. The summed E-state index contributed by atoms with van der Waals surface area (Å²) < 4.78 is 5.19. The number of aliphatic carboxylic acids is 1. The highest BCUT2D eigenvalue weighted by Crippen LogP contribution is 2.45. The predicted molar refractivity (Wildman–Crippen MR) is 51.0 cm³/mol. The van der Waals surface area contributed by atoms with Crippen molar-refractivity contribution in [2.45, 2.75) is 25.6 Å². The quantitative estimate of drug-likeness (QED) is 0.725. The number of hydrogen-bond donors (Lipinski definition) is 1. The second-order valence-electron chi connectivity index (χ2n) is 3.81. The number of carbonyl (C=O) groups is 1. The Hall–Kier alpha value is -1.35. The van der Waals surface area contributed by atoms with Crippen molar-refractivity contribution in [3.8, 4) is 0 Å². The standard InChI is InChI=1S/C11H12O3/c1-7-3-5-8(6-4-7)11(2)9(14-11)10(12)13/h3-6,9H,1-2H3,(H,12,13). The molecule has 1 aromatic carbocycles. The Morgan fingerprint density at radius 2 is 2.00 bits per heavy atom. The van der Waals surface area contributed by atoms with Gasteiger partial charge in [0.25, 0.3) is 0 Å². The number of epoxide rings is 1. The zero-order valence-corrected chi connectivity index (χ0v) is 8.15. The fraction of sp³-hybridized carbons (Fsp3) is 0.364. The zero-order valence-electron chi connectivity index (χ0n) is 8.15. The van der Waals surface area contributed by atoms with Gasteiger partial charge < -0.3 is 9.84 Å². The highest BCUT2D eigenvalue weighted by atomic mass is 16.6. The number of carboxylic acids is 1. The number of carboxylic acid groups (broad SMARTS) is 1. The molecule has 1 fully saturated rings. The largest absolute Gasteiger partial charge is 0.479 e. The van der Waals surface area contributed by atoms with Crippen LogP contribution < -0.4 is 0 Å². The van der Waals surface area contributed by atoms with Crippen molar-refractivity contribution in [1.82, 2.24) is 0 Å². The van der Waals surface area contributed by atoms with E-state index < -0.39 is 17.7 Å². The first kappa shape index (κ1) is 9.21. The fourth-order valence-corrected chi connectivity index (χ4v) is 1.60. The van der Waals surface area contributed by atoms with Crippen LogP contribution in [0.5, 0.6) is 0 Å². The summed E-state index contributed by atoms with van der Waals surface area (Å²) in [4.78, 5) is 10.7. The lowest BCUT2D eigenvalue weighted by Crippen LogP contribution is -2.15. The molecular formula is C11H12O3. The molecule has 1 aromatic rings. The molecule has 0 saturated carbocycles. The number of ether oxygens (including phenoxy) is 1. The van der Waals surface area contributed by atoms with Crippen LogP contribution in [0.4, 0.5) is 0 Å². The summed E-state index contributed by atoms with van der Waals surface area (Å²) >= 11 is 0. The monoisotopic (exact) mass is 192 g/mol. The van der Waals surface area contributed by atoms with Gasteiger partial charge in [-0.25, -0.2) is 4.79 Å². The average molecular weight is 192 g/mol. The van der Waals surface area contributed by atoms with E-state index in [4.69, 9.17) is 9.84 Å². The van der Waals surface area contributed by atoms with Crippen molar-refractivity contribution in [2.75, 3.05) is 0 Å². The molecule has 3 heteroatoms. The Labute approximate surface area is 82.3 Å². The first-order valence-corrected chi connectivity index (χ1v) is 4.52. The van der Waals surface area contributed by atoms with Gasteiger partial charge in [-0.15, -0.1) is 0 Å². The van der Waals surface area contributed by atoms with Crippen LogP contribution in [0.1, 0.15) is 18.1 Å². The topological polar surface area (TPSA) is 49.8 Å². The Morgan fingerprint density at radius 3 is 2.43 bits per heavy atom. The van der Waals surface area contributed by atoms with Crippen LogP contribution in [0.25, 0.3) is 0 Å². The van der Waals surface area contributed by atoms with E-state index in [0.29, 0.717) is 0 Å². The van der Waals surface area contributed by atoms with E-state index in [1.165, 1.54) is 0 Å². The molecule has 1 heterocycles. The average Bonchev–Trinajstić information content (AvgIpc) is 2.80. The molecule has 0 spiro atoms. The van der Waals surface area contributed by atoms with Crippen molar-refractivity contribution in [2.24, 2.45) is 0 Å². The molecule has 1 aliphatic heterocycles. The molecule has 1 saturated heterocycles. The lowest BCUT2D eigenvalue weighted by molar-refractivity contribution is -0.138. The van der Waals surface area contributed by atoms with Crippen molar-refractivity contribution < 1.29 is 14.6 Å². The summed E-state index contributed by atoms with van der Waals surface area (Å²) in [6.07, 6.45) is -0.690. The minimum absolute atomic E-state index is 0.625. The third-order valence-corrected chi connectivity index (χ3v) is 2.65. The van der Waals surface area contributed by atoms with Crippen molar-refractivity contribution in [3.05, 3.63) is 35.4 Å². The van der Waals surface area contributed by atoms with Crippen LogP contribution in [0.3, 0.4) is 0 Å². The summed E-state index contributed by atoms with van der Waals surface area (Å²) in [6.45, 7) is 3.80. The van der Waals surface area contributed by atoms with Gasteiger partial charge in [0.1, 0.15) is 5.60 Å². The molecule has 2 atom stereocenters. The van der Waals surface area contributed by atoms with Gasteiger partial charge >= 0.3 is 5.97 Å². The molecule has 0 aliphatic carbocycles. The summed E-state index contributed by atoms with van der Waals surface area (Å²) in [5.74, 6) is -0.895. The minimum atomic E-state index is -0.895. The Balaban J connectivity index is 2.25. The van der Waals surface area contributed by atoms with Crippen molar-refractivity contribution >= 4 is 5.97 Å². The van der Waals surface area contributed by atoms with E-state index in [9.17, 15) is 4.79 Å². The molecule has 0 aromatic heterocycles. The number of benzene rings is 1. The van der Waals surface area contributed by atoms with E-state index in [2.05, 4.69) is 0 Å². The number of rotatable bonds is 2. The molecule has 74 valence electrons. The Kier molecular flexibility index (Phi) is 1.86. The highest BCUT2D eigenvalue weighted by molar-refractivity contribution is 5.77.